The molecule has 7 nitrogen and oxygen atoms in total. The Morgan fingerprint density at radius 3 is 2.58 bits per heavy atom. The zero-order chi connectivity index (χ0) is 17.9. The van der Waals surface area contributed by atoms with E-state index < -0.39 is 23.7 Å². The van der Waals surface area contributed by atoms with E-state index in [1.807, 2.05) is 6.07 Å². The molecule has 1 fully saturated rings. The molecule has 1 aromatic rings. The van der Waals surface area contributed by atoms with Gasteiger partial charge < -0.3 is 14.6 Å². The summed E-state index contributed by atoms with van der Waals surface area (Å²) < 4.78 is 10.3. The second-order valence-electron chi connectivity index (χ2n) is 7.00. The van der Waals surface area contributed by atoms with Gasteiger partial charge in [-0.15, -0.1) is 0 Å². The van der Waals surface area contributed by atoms with Gasteiger partial charge in [-0.25, -0.2) is 14.6 Å². The van der Waals surface area contributed by atoms with Crippen LogP contribution in [-0.4, -0.2) is 52.4 Å². The van der Waals surface area contributed by atoms with Gasteiger partial charge >= 0.3 is 12.1 Å². The van der Waals surface area contributed by atoms with Crippen molar-refractivity contribution in [2.45, 2.75) is 45.3 Å². The normalized spacial score (nSPS) is 20.8. The van der Waals surface area contributed by atoms with E-state index in [4.69, 9.17) is 9.47 Å². The van der Waals surface area contributed by atoms with Crippen molar-refractivity contribution in [3.8, 4) is 5.88 Å². The SMILES string of the molecule is COc1ccc(C[C@@H]2C[C@@H](C(=O)O)N(C(=O)OC(C)(C)C)C2)cn1. The Kier molecular flexibility index (Phi) is 5.31. The molecule has 2 atom stereocenters. The van der Waals surface area contributed by atoms with E-state index in [0.717, 1.165) is 5.56 Å². The van der Waals surface area contributed by atoms with Gasteiger partial charge in [0, 0.05) is 18.8 Å². The molecule has 1 aromatic heterocycles. The molecule has 0 spiro atoms. The van der Waals surface area contributed by atoms with E-state index in [1.165, 1.54) is 4.90 Å². The smallest absolute Gasteiger partial charge is 0.411 e. The number of carboxylic acid groups (broad SMARTS) is 1. The number of carbonyl (C=O) groups is 2. The van der Waals surface area contributed by atoms with Crippen LogP contribution in [0.15, 0.2) is 18.3 Å². The van der Waals surface area contributed by atoms with Gasteiger partial charge in [-0.05, 0) is 45.1 Å². The lowest BCUT2D eigenvalue weighted by molar-refractivity contribution is -0.142. The highest BCUT2D eigenvalue weighted by Crippen LogP contribution is 2.28. The van der Waals surface area contributed by atoms with Gasteiger partial charge in [-0.1, -0.05) is 6.07 Å². The number of amides is 1. The number of carboxylic acids is 1. The van der Waals surface area contributed by atoms with Gasteiger partial charge in [-0.3, -0.25) is 4.90 Å². The first-order valence-corrected chi connectivity index (χ1v) is 7.91. The van der Waals surface area contributed by atoms with E-state index in [1.54, 1.807) is 40.1 Å². The molecule has 1 aliphatic rings. The summed E-state index contributed by atoms with van der Waals surface area (Å²) in [6, 6.07) is 2.82. The quantitative estimate of drug-likeness (QED) is 0.908. The summed E-state index contributed by atoms with van der Waals surface area (Å²) in [4.78, 5) is 29.2. The second kappa shape index (κ2) is 7.07. The van der Waals surface area contributed by atoms with Crippen molar-refractivity contribution >= 4 is 12.1 Å². The monoisotopic (exact) mass is 336 g/mol. The molecule has 0 radical (unpaired) electrons. The fourth-order valence-corrected chi connectivity index (χ4v) is 2.81. The fraction of sp³-hybridized carbons (Fsp3) is 0.588. The molecule has 0 unspecified atom stereocenters. The minimum absolute atomic E-state index is 0.0498. The van der Waals surface area contributed by atoms with Crippen molar-refractivity contribution in [2.24, 2.45) is 5.92 Å². The third-order valence-corrected chi connectivity index (χ3v) is 3.83. The van der Waals surface area contributed by atoms with Crippen LogP contribution in [0.2, 0.25) is 0 Å². The van der Waals surface area contributed by atoms with Crippen molar-refractivity contribution in [3.63, 3.8) is 0 Å². The molecule has 0 bridgehead atoms. The molecule has 2 heterocycles. The molecule has 0 aromatic carbocycles. The number of pyridine rings is 1. The molecule has 24 heavy (non-hydrogen) atoms. The Hall–Kier alpha value is -2.31. The van der Waals surface area contributed by atoms with Gasteiger partial charge in [-0.2, -0.15) is 0 Å². The summed E-state index contributed by atoms with van der Waals surface area (Å²) in [7, 11) is 1.55. The molecular weight excluding hydrogens is 312 g/mol. The van der Waals surface area contributed by atoms with Gasteiger partial charge in [0.1, 0.15) is 11.6 Å². The topological polar surface area (TPSA) is 89.0 Å². The predicted molar refractivity (Wildman–Crippen MR) is 87.0 cm³/mol. The highest BCUT2D eigenvalue weighted by Gasteiger charge is 2.41. The van der Waals surface area contributed by atoms with E-state index in [0.29, 0.717) is 25.3 Å². The molecule has 7 heteroatoms. The van der Waals surface area contributed by atoms with E-state index >= 15 is 0 Å². The van der Waals surface area contributed by atoms with Crippen molar-refractivity contribution in [1.29, 1.82) is 0 Å². The summed E-state index contributed by atoms with van der Waals surface area (Å²) in [5.41, 5.74) is 0.328. The maximum atomic E-state index is 12.3. The van der Waals surface area contributed by atoms with E-state index in [-0.39, 0.29) is 5.92 Å². The average molecular weight is 336 g/mol. The molecule has 1 aliphatic heterocycles. The molecule has 132 valence electrons. The van der Waals surface area contributed by atoms with Crippen molar-refractivity contribution < 1.29 is 24.2 Å². The number of ether oxygens (including phenoxy) is 2. The molecule has 1 saturated heterocycles. The first-order valence-electron chi connectivity index (χ1n) is 7.91. The molecule has 1 amide bonds. The number of rotatable bonds is 4. The van der Waals surface area contributed by atoms with Crippen LogP contribution in [0.1, 0.15) is 32.8 Å². The number of aromatic nitrogens is 1. The highest BCUT2D eigenvalue weighted by atomic mass is 16.6. The predicted octanol–water partition coefficient (Wildman–Crippen LogP) is 2.34. The number of likely N-dealkylation sites (tertiary alicyclic amines) is 1. The molecule has 2 rings (SSSR count). The highest BCUT2D eigenvalue weighted by molar-refractivity contribution is 5.81. The lowest BCUT2D eigenvalue weighted by atomic mass is 9.98. The van der Waals surface area contributed by atoms with Crippen molar-refractivity contribution in [2.75, 3.05) is 13.7 Å². The van der Waals surface area contributed by atoms with Crippen LogP contribution in [0.25, 0.3) is 0 Å². The van der Waals surface area contributed by atoms with E-state index in [9.17, 15) is 14.7 Å². The third-order valence-electron chi connectivity index (χ3n) is 3.83. The number of methoxy groups -OCH3 is 1. The Morgan fingerprint density at radius 1 is 1.38 bits per heavy atom. The lowest BCUT2D eigenvalue weighted by Gasteiger charge is -2.26. The van der Waals surface area contributed by atoms with Crippen LogP contribution in [0.5, 0.6) is 5.88 Å². The van der Waals surface area contributed by atoms with Crippen LogP contribution >= 0.6 is 0 Å². The fourth-order valence-electron chi connectivity index (χ4n) is 2.81. The zero-order valence-corrected chi connectivity index (χ0v) is 14.5. The second-order valence-corrected chi connectivity index (χ2v) is 7.00. The van der Waals surface area contributed by atoms with Crippen molar-refractivity contribution in [3.05, 3.63) is 23.9 Å². The van der Waals surface area contributed by atoms with Crippen LogP contribution in [0.4, 0.5) is 4.79 Å². The van der Waals surface area contributed by atoms with Gasteiger partial charge in [0.15, 0.2) is 0 Å². The Morgan fingerprint density at radius 2 is 2.08 bits per heavy atom. The Bertz CT molecular complexity index is 594. The summed E-state index contributed by atoms with van der Waals surface area (Å²) in [5, 5.41) is 9.40. The Labute approximate surface area is 141 Å². The minimum atomic E-state index is -1.00. The van der Waals surface area contributed by atoms with Crippen LogP contribution in [0, 0.1) is 5.92 Å². The number of aliphatic carboxylic acids is 1. The summed E-state index contributed by atoms with van der Waals surface area (Å²) in [6.45, 7) is 5.64. The van der Waals surface area contributed by atoms with Crippen molar-refractivity contribution in [1.82, 2.24) is 9.88 Å². The third kappa shape index (κ3) is 4.59. The van der Waals surface area contributed by atoms with Gasteiger partial charge in [0.05, 0.1) is 7.11 Å². The minimum Gasteiger partial charge on any atom is -0.481 e. The Balaban J connectivity index is 2.05. The molecular formula is C17H24N2O5. The largest absolute Gasteiger partial charge is 0.481 e. The zero-order valence-electron chi connectivity index (χ0n) is 14.5. The summed E-state index contributed by atoms with van der Waals surface area (Å²) >= 11 is 0. The standard InChI is InChI=1S/C17H24N2O5/c1-17(2,3)24-16(22)19-10-12(8-13(19)15(20)21)7-11-5-6-14(23-4)18-9-11/h5-6,9,12-13H,7-8,10H2,1-4H3,(H,20,21)/t12-,13+/m1/s1. The van der Waals surface area contributed by atoms with Gasteiger partial charge in [0.25, 0.3) is 0 Å². The average Bonchev–Trinajstić information content (AvgIpc) is 2.90. The number of hydrogen-bond acceptors (Lipinski definition) is 5. The molecule has 0 saturated carbocycles. The summed E-state index contributed by atoms with van der Waals surface area (Å²) in [5.74, 6) is -0.422. The number of hydrogen-bond donors (Lipinski definition) is 1. The first kappa shape index (κ1) is 18.0. The first-order chi connectivity index (χ1) is 11.2. The van der Waals surface area contributed by atoms with Crippen LogP contribution in [-0.2, 0) is 16.0 Å². The lowest BCUT2D eigenvalue weighted by Crippen LogP contribution is -2.43. The summed E-state index contributed by atoms with van der Waals surface area (Å²) in [6.07, 6.45) is 2.19. The van der Waals surface area contributed by atoms with Crippen LogP contribution in [0.3, 0.4) is 0 Å². The molecule has 0 aliphatic carbocycles. The maximum Gasteiger partial charge on any atom is 0.411 e. The number of carbonyl (C=O) groups excluding carboxylic acids is 1. The number of nitrogens with zero attached hydrogens (tertiary/aromatic N) is 2. The maximum absolute atomic E-state index is 12.3. The molecule has 1 N–H and O–H groups in total. The van der Waals surface area contributed by atoms with Gasteiger partial charge in [0.2, 0.25) is 5.88 Å². The van der Waals surface area contributed by atoms with Crippen LogP contribution < -0.4 is 4.74 Å². The van der Waals surface area contributed by atoms with E-state index in [2.05, 4.69) is 4.98 Å².